The van der Waals surface area contributed by atoms with Crippen molar-refractivity contribution in [3.05, 3.63) is 89.5 Å². The van der Waals surface area contributed by atoms with Gasteiger partial charge in [0.25, 0.3) is 0 Å². The third-order valence-corrected chi connectivity index (χ3v) is 6.45. The number of ether oxygens (including phenoxy) is 2. The topological polar surface area (TPSA) is 195 Å². The largest absolute Gasteiger partial charge is 0.493 e. The lowest BCUT2D eigenvalue weighted by Gasteiger charge is -2.14. The lowest BCUT2D eigenvalue weighted by molar-refractivity contribution is -0.192. The first-order chi connectivity index (χ1) is 22.4. The number of carboxylic acids is 1. The Morgan fingerprint density at radius 2 is 1.64 bits per heavy atom. The van der Waals surface area contributed by atoms with Gasteiger partial charge in [-0.3, -0.25) is 14.9 Å². The summed E-state index contributed by atoms with van der Waals surface area (Å²) in [6.07, 6.45) is -3.94. The third-order valence-electron chi connectivity index (χ3n) is 6.45. The summed E-state index contributed by atoms with van der Waals surface area (Å²) in [5.41, 5.74) is 9.51. The number of hydrogen-bond donors (Lipinski definition) is 4. The van der Waals surface area contributed by atoms with Gasteiger partial charge in [0.15, 0.2) is 23.2 Å². The van der Waals surface area contributed by atoms with Crippen molar-refractivity contribution in [2.75, 3.05) is 14.2 Å². The Balaban J connectivity index is 0.000000771. The van der Waals surface area contributed by atoms with Gasteiger partial charge in [0, 0.05) is 18.4 Å². The average Bonchev–Trinajstić information content (AvgIpc) is 3.59. The van der Waals surface area contributed by atoms with Crippen LogP contribution in [0.1, 0.15) is 23.1 Å². The van der Waals surface area contributed by atoms with E-state index in [1.54, 1.807) is 25.3 Å². The number of aryl methyl sites for hydroxylation is 1. The number of aliphatic imine (C=N–C) groups is 1. The smallest absolute Gasteiger partial charge is 0.490 e. The molecule has 0 unspecified atom stereocenters. The van der Waals surface area contributed by atoms with Crippen LogP contribution in [-0.2, 0) is 33.6 Å². The van der Waals surface area contributed by atoms with Crippen LogP contribution < -0.4 is 20.5 Å². The van der Waals surface area contributed by atoms with Crippen LogP contribution in [0, 0.1) is 0 Å². The maximum Gasteiger partial charge on any atom is 0.490 e. The van der Waals surface area contributed by atoms with Gasteiger partial charge in [-0.15, -0.1) is 10.2 Å². The fraction of sp³-hybridized carbons (Fsp3) is 0.258. The van der Waals surface area contributed by atoms with Crippen molar-refractivity contribution in [1.82, 2.24) is 25.9 Å². The Morgan fingerprint density at radius 3 is 2.26 bits per heavy atom. The zero-order valence-corrected chi connectivity index (χ0v) is 25.3. The highest BCUT2D eigenvalue weighted by Crippen LogP contribution is 2.27. The number of aromatic amines is 1. The molecule has 1 amide bonds. The fourth-order valence-electron chi connectivity index (χ4n) is 4.22. The molecule has 4 aromatic rings. The van der Waals surface area contributed by atoms with Crippen LogP contribution in [0.3, 0.4) is 0 Å². The molecule has 0 saturated heterocycles. The molecule has 5 N–H and O–H groups in total. The van der Waals surface area contributed by atoms with Crippen LogP contribution in [0.25, 0.3) is 11.4 Å². The number of nitrogens with two attached hydrogens (primary N) is 1. The zero-order chi connectivity index (χ0) is 34.4. The van der Waals surface area contributed by atoms with Gasteiger partial charge in [-0.2, -0.15) is 18.4 Å². The van der Waals surface area contributed by atoms with Gasteiger partial charge >= 0.3 is 12.1 Å². The molecular weight excluding hydrogens is 623 g/mol. The van der Waals surface area contributed by atoms with E-state index in [4.69, 9.17) is 25.1 Å². The number of ketones is 1. The average molecular weight is 656 g/mol. The van der Waals surface area contributed by atoms with E-state index < -0.39 is 18.2 Å². The monoisotopic (exact) mass is 655 g/mol. The minimum atomic E-state index is -5.08. The van der Waals surface area contributed by atoms with Crippen molar-refractivity contribution in [3.63, 3.8) is 0 Å². The standard InChI is InChI=1S/C29H31N7O4.C2HF3O2/c1-39-25-14-12-21(17-26(25)40-2)18-27(38)32-29(30)31-23(16-19-7-4-3-5-8-19)24(37)13-11-20-9-6-10-22(15-20)28-33-35-36-34-28;3-2(4,5)1(6)7/h3-10,12,14-15,17,23H,11,13,16,18H2,1-2H3,(H3,30,31,32,38)(H,33,34,35,36);(H,6,7)/t23-;/m1./s1. The van der Waals surface area contributed by atoms with E-state index in [0.29, 0.717) is 35.7 Å². The number of hydrogen-bond acceptors (Lipinski definition) is 9. The molecule has 248 valence electrons. The van der Waals surface area contributed by atoms with Crippen LogP contribution in [0.4, 0.5) is 13.2 Å². The highest BCUT2D eigenvalue weighted by atomic mass is 19.4. The Morgan fingerprint density at radius 1 is 0.957 bits per heavy atom. The van der Waals surface area contributed by atoms with Gasteiger partial charge in [-0.05, 0) is 46.5 Å². The molecule has 1 heterocycles. The van der Waals surface area contributed by atoms with E-state index in [1.165, 1.54) is 7.11 Å². The number of carbonyl (C=O) groups excluding carboxylic acids is 2. The van der Waals surface area contributed by atoms with Crippen molar-refractivity contribution in [3.8, 4) is 22.9 Å². The quantitative estimate of drug-likeness (QED) is 0.130. The van der Waals surface area contributed by atoms with Gasteiger partial charge < -0.3 is 20.3 Å². The second-order valence-corrected chi connectivity index (χ2v) is 9.84. The summed E-state index contributed by atoms with van der Waals surface area (Å²) in [6.45, 7) is 0. The number of carbonyl (C=O) groups is 3. The molecular formula is C31H32F3N7O6. The molecule has 47 heavy (non-hydrogen) atoms. The number of Topliss-reactive ketones (excluding diaryl/α,β-unsaturated/α-hetero) is 1. The number of benzene rings is 3. The van der Waals surface area contributed by atoms with Gasteiger partial charge in [0.05, 0.1) is 20.6 Å². The summed E-state index contributed by atoms with van der Waals surface area (Å²) in [5.74, 6) is -1.76. The zero-order valence-electron chi connectivity index (χ0n) is 25.3. The second kappa shape index (κ2) is 17.0. The SMILES string of the molecule is COc1ccc(CC(=O)NC(N)=N[C@H](Cc2ccccc2)C(=O)CCc2cccc(-c3nn[nH]n3)c2)cc1OC.O=C(O)C(F)(F)F. The first kappa shape index (κ1) is 35.7. The number of nitrogens with one attached hydrogen (secondary N) is 2. The molecule has 13 nitrogen and oxygen atoms in total. The summed E-state index contributed by atoms with van der Waals surface area (Å²) in [5, 5.41) is 23.8. The second-order valence-electron chi connectivity index (χ2n) is 9.84. The van der Waals surface area contributed by atoms with Crippen LogP contribution in [0.5, 0.6) is 11.5 Å². The van der Waals surface area contributed by atoms with Crippen molar-refractivity contribution >= 4 is 23.6 Å². The summed E-state index contributed by atoms with van der Waals surface area (Å²) in [6, 6.07) is 21.7. The number of aromatic nitrogens is 4. The van der Waals surface area contributed by atoms with E-state index >= 15 is 0 Å². The molecule has 0 aliphatic heterocycles. The van der Waals surface area contributed by atoms with Gasteiger partial charge in [-0.25, -0.2) is 9.79 Å². The molecule has 0 aliphatic rings. The number of amides is 1. The van der Waals surface area contributed by atoms with Gasteiger partial charge in [-0.1, -0.05) is 54.6 Å². The number of carboxylic acid groups (broad SMARTS) is 1. The van der Waals surface area contributed by atoms with Gasteiger partial charge in [0.2, 0.25) is 11.7 Å². The molecule has 0 bridgehead atoms. The molecule has 4 rings (SSSR count). The van der Waals surface area contributed by atoms with E-state index in [2.05, 4.69) is 30.9 Å². The molecule has 1 atom stereocenters. The summed E-state index contributed by atoms with van der Waals surface area (Å²) < 4.78 is 42.3. The van der Waals surface area contributed by atoms with Crippen LogP contribution in [-0.4, -0.2) is 75.8 Å². The molecule has 16 heteroatoms. The highest BCUT2D eigenvalue weighted by molar-refractivity contribution is 5.98. The van der Waals surface area contributed by atoms with Crippen LogP contribution in [0.15, 0.2) is 77.8 Å². The minimum absolute atomic E-state index is 0.0462. The number of rotatable bonds is 12. The van der Waals surface area contributed by atoms with Gasteiger partial charge in [0.1, 0.15) is 6.04 Å². The van der Waals surface area contributed by atoms with E-state index in [0.717, 1.165) is 16.7 Å². The van der Waals surface area contributed by atoms with E-state index in [9.17, 15) is 22.8 Å². The fourth-order valence-corrected chi connectivity index (χ4v) is 4.22. The molecule has 0 aliphatic carbocycles. The van der Waals surface area contributed by atoms with Crippen molar-refractivity contribution in [2.24, 2.45) is 10.7 Å². The third kappa shape index (κ3) is 11.6. The lowest BCUT2D eigenvalue weighted by Crippen LogP contribution is -2.40. The number of aliphatic carboxylic acids is 1. The Kier molecular flexibility index (Phi) is 12.9. The maximum atomic E-state index is 13.3. The Labute approximate surface area is 267 Å². The normalized spacial score (nSPS) is 11.9. The summed E-state index contributed by atoms with van der Waals surface area (Å²) in [7, 11) is 3.07. The molecule has 0 fully saturated rings. The summed E-state index contributed by atoms with van der Waals surface area (Å²) >= 11 is 0. The predicted molar refractivity (Wildman–Crippen MR) is 164 cm³/mol. The van der Waals surface area contributed by atoms with Crippen molar-refractivity contribution in [1.29, 1.82) is 0 Å². The molecule has 1 aromatic heterocycles. The lowest BCUT2D eigenvalue weighted by atomic mass is 9.97. The van der Waals surface area contributed by atoms with Crippen LogP contribution in [0.2, 0.25) is 0 Å². The summed E-state index contributed by atoms with van der Waals surface area (Å²) in [4.78, 5) is 39.3. The first-order valence-electron chi connectivity index (χ1n) is 13.9. The van der Waals surface area contributed by atoms with E-state index in [1.807, 2.05) is 54.6 Å². The number of H-pyrrole nitrogens is 1. The number of tetrazole rings is 1. The Bertz CT molecular complexity index is 1670. The maximum absolute atomic E-state index is 13.3. The molecule has 0 spiro atoms. The first-order valence-corrected chi connectivity index (χ1v) is 13.9. The molecule has 0 radical (unpaired) electrons. The number of alkyl halides is 3. The van der Waals surface area contributed by atoms with Crippen molar-refractivity contribution in [2.45, 2.75) is 37.9 Å². The molecule has 3 aromatic carbocycles. The minimum Gasteiger partial charge on any atom is -0.493 e. The highest BCUT2D eigenvalue weighted by Gasteiger charge is 2.38. The molecule has 0 saturated carbocycles. The van der Waals surface area contributed by atoms with E-state index in [-0.39, 0.29) is 30.5 Å². The number of nitrogens with zero attached hydrogens (tertiary/aromatic N) is 4. The Hall–Kier alpha value is -5.80. The predicted octanol–water partition coefficient (Wildman–Crippen LogP) is 3.30. The number of halogens is 3. The van der Waals surface area contributed by atoms with Crippen LogP contribution >= 0.6 is 0 Å². The number of guanidine groups is 1. The van der Waals surface area contributed by atoms with Crippen molar-refractivity contribution < 1.29 is 42.1 Å². The number of methoxy groups -OCH3 is 2.